The quantitative estimate of drug-likeness (QED) is 0.715. The molecule has 82 valence electrons. The average molecular weight is 208 g/mol. The van der Waals surface area contributed by atoms with Gasteiger partial charge >= 0.3 is 0 Å². The van der Waals surface area contributed by atoms with Crippen molar-refractivity contribution in [1.82, 2.24) is 0 Å². The first-order valence-corrected chi connectivity index (χ1v) is 5.17. The molecule has 0 aromatic heterocycles. The van der Waals surface area contributed by atoms with E-state index in [4.69, 9.17) is 4.74 Å². The van der Waals surface area contributed by atoms with E-state index in [0.29, 0.717) is 6.61 Å². The first-order chi connectivity index (χ1) is 7.21. The van der Waals surface area contributed by atoms with Crippen LogP contribution in [0.3, 0.4) is 0 Å². The zero-order valence-corrected chi connectivity index (χ0v) is 9.29. The normalized spacial score (nSPS) is 12.2. The van der Waals surface area contributed by atoms with Crippen LogP contribution in [0.15, 0.2) is 24.8 Å². The SMILES string of the molecule is C=Cc1cc(OCC)cc(C(C)CF)c1. The van der Waals surface area contributed by atoms with Crippen molar-refractivity contribution in [2.45, 2.75) is 19.8 Å². The Bertz CT molecular complexity index is 333. The molecule has 1 aromatic carbocycles. The van der Waals surface area contributed by atoms with Gasteiger partial charge in [0.2, 0.25) is 0 Å². The molecule has 0 radical (unpaired) electrons. The van der Waals surface area contributed by atoms with Gasteiger partial charge in [0.25, 0.3) is 0 Å². The van der Waals surface area contributed by atoms with Crippen LogP contribution in [0.2, 0.25) is 0 Å². The second-order valence-electron chi connectivity index (χ2n) is 3.53. The minimum absolute atomic E-state index is 0.0934. The van der Waals surface area contributed by atoms with Crippen molar-refractivity contribution in [3.8, 4) is 5.75 Å². The molecule has 1 aromatic rings. The Labute approximate surface area is 90.6 Å². The third-order valence-corrected chi connectivity index (χ3v) is 2.30. The molecule has 0 amide bonds. The highest BCUT2D eigenvalue weighted by molar-refractivity contribution is 5.52. The van der Waals surface area contributed by atoms with E-state index in [2.05, 4.69) is 6.58 Å². The van der Waals surface area contributed by atoms with E-state index in [9.17, 15) is 4.39 Å². The Hall–Kier alpha value is -1.31. The lowest BCUT2D eigenvalue weighted by molar-refractivity contribution is 0.339. The summed E-state index contributed by atoms with van der Waals surface area (Å²) >= 11 is 0. The topological polar surface area (TPSA) is 9.23 Å². The first-order valence-electron chi connectivity index (χ1n) is 5.17. The summed E-state index contributed by atoms with van der Waals surface area (Å²) in [4.78, 5) is 0. The first kappa shape index (κ1) is 11.8. The van der Waals surface area contributed by atoms with Crippen molar-refractivity contribution >= 4 is 6.08 Å². The van der Waals surface area contributed by atoms with Gasteiger partial charge in [0.15, 0.2) is 0 Å². The van der Waals surface area contributed by atoms with Gasteiger partial charge in [-0.1, -0.05) is 25.6 Å². The second-order valence-corrected chi connectivity index (χ2v) is 3.53. The number of hydrogen-bond donors (Lipinski definition) is 0. The molecular formula is C13H17FO. The molecule has 0 spiro atoms. The summed E-state index contributed by atoms with van der Waals surface area (Å²) in [5, 5.41) is 0. The van der Waals surface area contributed by atoms with Gasteiger partial charge in [0.1, 0.15) is 5.75 Å². The van der Waals surface area contributed by atoms with Crippen LogP contribution < -0.4 is 4.74 Å². The summed E-state index contributed by atoms with van der Waals surface area (Å²) in [5.41, 5.74) is 1.93. The summed E-state index contributed by atoms with van der Waals surface area (Å²) < 4.78 is 18.0. The smallest absolute Gasteiger partial charge is 0.120 e. The predicted molar refractivity (Wildman–Crippen MR) is 62.1 cm³/mol. The summed E-state index contributed by atoms with van der Waals surface area (Å²) in [7, 11) is 0. The zero-order chi connectivity index (χ0) is 11.3. The molecule has 1 nitrogen and oxygen atoms in total. The fraction of sp³-hybridized carbons (Fsp3) is 0.385. The van der Waals surface area contributed by atoms with Gasteiger partial charge < -0.3 is 4.74 Å². The monoisotopic (exact) mass is 208 g/mol. The lowest BCUT2D eigenvalue weighted by Gasteiger charge is -2.11. The predicted octanol–water partition coefficient (Wildman–Crippen LogP) is 3.80. The average Bonchev–Trinajstić information content (AvgIpc) is 2.28. The van der Waals surface area contributed by atoms with Crippen LogP contribution >= 0.6 is 0 Å². The van der Waals surface area contributed by atoms with E-state index in [1.807, 2.05) is 32.0 Å². The van der Waals surface area contributed by atoms with Crippen LogP contribution in [0.25, 0.3) is 6.08 Å². The van der Waals surface area contributed by atoms with E-state index in [1.165, 1.54) is 0 Å². The summed E-state index contributed by atoms with van der Waals surface area (Å²) in [5.74, 6) is 0.689. The maximum Gasteiger partial charge on any atom is 0.120 e. The second kappa shape index (κ2) is 5.54. The van der Waals surface area contributed by atoms with Gasteiger partial charge in [0.05, 0.1) is 13.3 Å². The molecule has 0 aliphatic carbocycles. The molecule has 0 bridgehead atoms. The number of alkyl halides is 1. The molecule has 1 unspecified atom stereocenters. The molecule has 2 heteroatoms. The number of ether oxygens (including phenoxy) is 1. The number of rotatable bonds is 5. The van der Waals surface area contributed by atoms with Crippen molar-refractivity contribution in [2.75, 3.05) is 13.3 Å². The fourth-order valence-corrected chi connectivity index (χ4v) is 1.39. The Morgan fingerprint density at radius 1 is 1.47 bits per heavy atom. The largest absolute Gasteiger partial charge is 0.494 e. The van der Waals surface area contributed by atoms with Crippen molar-refractivity contribution in [3.63, 3.8) is 0 Å². The zero-order valence-electron chi connectivity index (χ0n) is 9.29. The Kier molecular flexibility index (Phi) is 4.35. The van der Waals surface area contributed by atoms with Crippen LogP contribution in [0, 0.1) is 0 Å². The van der Waals surface area contributed by atoms with Gasteiger partial charge in [0, 0.05) is 5.92 Å². The van der Waals surface area contributed by atoms with Crippen molar-refractivity contribution in [1.29, 1.82) is 0 Å². The van der Waals surface area contributed by atoms with E-state index in [1.54, 1.807) is 6.08 Å². The van der Waals surface area contributed by atoms with Crippen LogP contribution in [0.4, 0.5) is 4.39 Å². The maximum atomic E-state index is 12.6. The van der Waals surface area contributed by atoms with Crippen molar-refractivity contribution < 1.29 is 9.13 Å². The summed E-state index contributed by atoms with van der Waals surface area (Å²) in [6.45, 7) is 7.76. The Morgan fingerprint density at radius 2 is 2.20 bits per heavy atom. The molecule has 0 N–H and O–H groups in total. The van der Waals surface area contributed by atoms with Crippen LogP contribution in [0.5, 0.6) is 5.75 Å². The molecule has 0 heterocycles. The van der Waals surface area contributed by atoms with Gasteiger partial charge in [-0.3, -0.25) is 4.39 Å². The fourth-order valence-electron chi connectivity index (χ4n) is 1.39. The molecule has 1 atom stereocenters. The molecule has 0 saturated carbocycles. The van der Waals surface area contributed by atoms with Crippen molar-refractivity contribution in [2.24, 2.45) is 0 Å². The number of halogens is 1. The highest BCUT2D eigenvalue weighted by Gasteiger charge is 2.07. The van der Waals surface area contributed by atoms with Crippen LogP contribution in [0.1, 0.15) is 30.9 Å². The maximum absolute atomic E-state index is 12.6. The summed E-state index contributed by atoms with van der Waals surface area (Å²) in [6.07, 6.45) is 1.75. The number of benzene rings is 1. The van der Waals surface area contributed by atoms with Crippen LogP contribution in [-0.4, -0.2) is 13.3 Å². The van der Waals surface area contributed by atoms with Gasteiger partial charge in [-0.15, -0.1) is 0 Å². The molecular weight excluding hydrogens is 191 g/mol. The minimum atomic E-state index is -0.355. The molecule has 0 fully saturated rings. The lowest BCUT2D eigenvalue weighted by atomic mass is 10.00. The Balaban J connectivity index is 3.04. The van der Waals surface area contributed by atoms with E-state index < -0.39 is 0 Å². The summed E-state index contributed by atoms with van der Waals surface area (Å²) in [6, 6.07) is 5.74. The lowest BCUT2D eigenvalue weighted by Crippen LogP contribution is -1.98. The number of hydrogen-bond acceptors (Lipinski definition) is 1. The minimum Gasteiger partial charge on any atom is -0.494 e. The molecule has 0 saturated heterocycles. The van der Waals surface area contributed by atoms with Gasteiger partial charge in [-0.2, -0.15) is 0 Å². The molecule has 15 heavy (non-hydrogen) atoms. The molecule has 0 aliphatic heterocycles. The van der Waals surface area contributed by atoms with Gasteiger partial charge in [-0.05, 0) is 30.2 Å². The Morgan fingerprint density at radius 3 is 2.73 bits per heavy atom. The molecule has 1 rings (SSSR count). The third-order valence-electron chi connectivity index (χ3n) is 2.30. The van der Waals surface area contributed by atoms with Crippen LogP contribution in [-0.2, 0) is 0 Å². The van der Waals surface area contributed by atoms with Crippen molar-refractivity contribution in [3.05, 3.63) is 35.9 Å². The highest BCUT2D eigenvalue weighted by atomic mass is 19.1. The van der Waals surface area contributed by atoms with E-state index in [0.717, 1.165) is 16.9 Å². The van der Waals surface area contributed by atoms with E-state index in [-0.39, 0.29) is 12.6 Å². The standard InChI is InChI=1S/C13H17FO/c1-4-11-6-12(10(3)9-14)8-13(7-11)15-5-2/h4,6-8,10H,1,5,9H2,2-3H3. The third kappa shape index (κ3) is 3.08. The van der Waals surface area contributed by atoms with E-state index >= 15 is 0 Å². The highest BCUT2D eigenvalue weighted by Crippen LogP contribution is 2.24. The molecule has 0 aliphatic rings. The van der Waals surface area contributed by atoms with Gasteiger partial charge in [-0.25, -0.2) is 0 Å².